The molecule has 0 saturated carbocycles. The first-order chi connectivity index (χ1) is 13.7. The Morgan fingerprint density at radius 3 is 2.54 bits per heavy atom. The molecule has 28 heavy (non-hydrogen) atoms. The Hall–Kier alpha value is -2.95. The van der Waals surface area contributed by atoms with Crippen LogP contribution >= 0.6 is 11.3 Å². The van der Waals surface area contributed by atoms with E-state index in [-0.39, 0.29) is 0 Å². The van der Waals surface area contributed by atoms with E-state index < -0.39 is 0 Å². The van der Waals surface area contributed by atoms with Crippen LogP contribution in [0, 0.1) is 11.3 Å². The lowest BCUT2D eigenvalue weighted by atomic mass is 10.2. The number of benzene rings is 1. The highest BCUT2D eigenvalue weighted by molar-refractivity contribution is 7.13. The van der Waals surface area contributed by atoms with Gasteiger partial charge in [0.2, 0.25) is 0 Å². The van der Waals surface area contributed by atoms with Crippen LogP contribution in [0.2, 0.25) is 0 Å². The van der Waals surface area contributed by atoms with E-state index in [4.69, 9.17) is 15.0 Å². The summed E-state index contributed by atoms with van der Waals surface area (Å²) in [6, 6.07) is 13.9. The number of rotatable bonds is 5. The summed E-state index contributed by atoms with van der Waals surface area (Å²) >= 11 is 1.68. The fourth-order valence-corrected chi connectivity index (χ4v) is 4.07. The van der Waals surface area contributed by atoms with Gasteiger partial charge in [-0.2, -0.15) is 5.26 Å². The molecule has 0 spiro atoms. The van der Waals surface area contributed by atoms with Gasteiger partial charge in [-0.25, -0.2) is 9.97 Å². The largest absolute Gasteiger partial charge is 0.497 e. The molecule has 1 saturated heterocycles. The van der Waals surface area contributed by atoms with Crippen molar-refractivity contribution in [3.8, 4) is 22.4 Å². The maximum Gasteiger partial charge on any atom is 0.128 e. The van der Waals surface area contributed by atoms with E-state index in [1.54, 1.807) is 24.6 Å². The average molecular weight is 392 g/mol. The fraction of sp³-hybridized carbons (Fsp3) is 0.286. The van der Waals surface area contributed by atoms with Crippen molar-refractivity contribution in [2.24, 2.45) is 0 Å². The molecule has 3 aromatic rings. The first-order valence-electron chi connectivity index (χ1n) is 9.17. The summed E-state index contributed by atoms with van der Waals surface area (Å²) in [4.78, 5) is 13.9. The number of thiazole rings is 1. The molecule has 4 rings (SSSR count). The molecule has 0 unspecified atom stereocenters. The minimum atomic E-state index is 0.596. The van der Waals surface area contributed by atoms with Crippen molar-refractivity contribution >= 4 is 17.2 Å². The lowest BCUT2D eigenvalue weighted by Crippen LogP contribution is -2.46. The molecule has 0 aliphatic carbocycles. The number of ether oxygens (including phenoxy) is 1. The second-order valence-electron chi connectivity index (χ2n) is 6.65. The van der Waals surface area contributed by atoms with Gasteiger partial charge in [-0.05, 0) is 36.4 Å². The standard InChI is InChI=1S/C21H21N5OS/c1-27-19-5-3-17(4-6-19)21-24-18(15-28-21)14-25-8-10-26(11-9-25)20-7-2-16(12-22)13-23-20/h2-7,13,15H,8-11,14H2,1H3. The van der Waals surface area contributed by atoms with E-state index in [1.165, 1.54) is 0 Å². The number of nitrogens with zero attached hydrogens (tertiary/aromatic N) is 5. The monoisotopic (exact) mass is 391 g/mol. The summed E-state index contributed by atoms with van der Waals surface area (Å²) in [5.74, 6) is 1.80. The molecular formula is C21H21N5OS. The van der Waals surface area contributed by atoms with Gasteiger partial charge in [0.25, 0.3) is 0 Å². The molecule has 3 heterocycles. The zero-order chi connectivity index (χ0) is 19.3. The number of pyridine rings is 1. The van der Waals surface area contributed by atoms with Gasteiger partial charge in [-0.3, -0.25) is 4.90 Å². The van der Waals surface area contributed by atoms with Crippen molar-refractivity contribution in [1.82, 2.24) is 14.9 Å². The molecule has 0 N–H and O–H groups in total. The Labute approximate surface area is 168 Å². The van der Waals surface area contributed by atoms with Gasteiger partial charge < -0.3 is 9.64 Å². The van der Waals surface area contributed by atoms with Crippen LogP contribution < -0.4 is 9.64 Å². The lowest BCUT2D eigenvalue weighted by Gasteiger charge is -2.35. The van der Waals surface area contributed by atoms with Crippen LogP contribution in [0.15, 0.2) is 48.0 Å². The Balaban J connectivity index is 1.33. The van der Waals surface area contributed by atoms with Gasteiger partial charge in [-0.1, -0.05) is 0 Å². The van der Waals surface area contributed by atoms with Crippen molar-refractivity contribution < 1.29 is 4.74 Å². The van der Waals surface area contributed by atoms with E-state index in [0.29, 0.717) is 5.56 Å². The summed E-state index contributed by atoms with van der Waals surface area (Å²) in [6.07, 6.45) is 1.64. The quantitative estimate of drug-likeness (QED) is 0.664. The van der Waals surface area contributed by atoms with E-state index in [1.807, 2.05) is 36.4 Å². The van der Waals surface area contributed by atoms with Gasteiger partial charge in [0, 0.05) is 49.9 Å². The van der Waals surface area contributed by atoms with Crippen molar-refractivity contribution in [2.45, 2.75) is 6.54 Å². The maximum atomic E-state index is 8.89. The van der Waals surface area contributed by atoms with Crippen LogP contribution in [-0.4, -0.2) is 48.2 Å². The van der Waals surface area contributed by atoms with Crippen molar-refractivity contribution in [2.75, 3.05) is 38.2 Å². The molecule has 0 amide bonds. The van der Waals surface area contributed by atoms with Crippen molar-refractivity contribution in [1.29, 1.82) is 5.26 Å². The molecule has 0 bridgehead atoms. The second-order valence-corrected chi connectivity index (χ2v) is 7.51. The topological polar surface area (TPSA) is 65.3 Å². The Bertz CT molecular complexity index is 954. The number of hydrogen-bond acceptors (Lipinski definition) is 7. The van der Waals surface area contributed by atoms with Crippen molar-refractivity contribution in [3.05, 3.63) is 59.2 Å². The Morgan fingerprint density at radius 1 is 1.11 bits per heavy atom. The Kier molecular flexibility index (Phi) is 5.51. The van der Waals surface area contributed by atoms with E-state index in [0.717, 1.165) is 60.6 Å². The van der Waals surface area contributed by atoms with Crippen molar-refractivity contribution in [3.63, 3.8) is 0 Å². The molecule has 1 aromatic carbocycles. The predicted octanol–water partition coefficient (Wildman–Crippen LogP) is 3.41. The minimum Gasteiger partial charge on any atom is -0.497 e. The summed E-state index contributed by atoms with van der Waals surface area (Å²) in [6.45, 7) is 4.65. The van der Waals surface area contributed by atoms with Crippen LogP contribution in [-0.2, 0) is 6.54 Å². The fourth-order valence-electron chi connectivity index (χ4n) is 3.25. The Morgan fingerprint density at radius 2 is 1.89 bits per heavy atom. The molecule has 1 fully saturated rings. The highest BCUT2D eigenvalue weighted by atomic mass is 32.1. The number of hydrogen-bond donors (Lipinski definition) is 0. The molecular weight excluding hydrogens is 370 g/mol. The molecule has 0 atom stereocenters. The first kappa shape index (κ1) is 18.4. The molecule has 7 heteroatoms. The lowest BCUT2D eigenvalue weighted by molar-refractivity contribution is 0.247. The van der Waals surface area contributed by atoms with E-state index in [9.17, 15) is 0 Å². The number of aromatic nitrogens is 2. The summed E-state index contributed by atoms with van der Waals surface area (Å²) in [7, 11) is 1.67. The van der Waals surface area contributed by atoms with Crippen LogP contribution in [0.4, 0.5) is 5.82 Å². The number of anilines is 1. The zero-order valence-corrected chi connectivity index (χ0v) is 16.5. The third kappa shape index (κ3) is 4.14. The molecule has 6 nitrogen and oxygen atoms in total. The molecule has 142 valence electrons. The molecule has 0 radical (unpaired) electrons. The van der Waals surface area contributed by atoms with Crippen LogP contribution in [0.25, 0.3) is 10.6 Å². The van der Waals surface area contributed by atoms with Gasteiger partial charge in [0.1, 0.15) is 22.6 Å². The summed E-state index contributed by atoms with van der Waals surface area (Å²) < 4.78 is 5.22. The SMILES string of the molecule is COc1ccc(-c2nc(CN3CCN(c4ccc(C#N)cn4)CC3)cs2)cc1. The first-order valence-corrected chi connectivity index (χ1v) is 10.1. The number of methoxy groups -OCH3 is 1. The highest BCUT2D eigenvalue weighted by Gasteiger charge is 2.19. The van der Waals surface area contributed by atoms with E-state index in [2.05, 4.69) is 26.2 Å². The normalized spacial score (nSPS) is 14.6. The average Bonchev–Trinajstić information content (AvgIpc) is 3.23. The van der Waals surface area contributed by atoms with Crippen LogP contribution in [0.1, 0.15) is 11.3 Å². The third-order valence-corrected chi connectivity index (χ3v) is 5.79. The number of nitriles is 1. The molecule has 1 aliphatic heterocycles. The highest BCUT2D eigenvalue weighted by Crippen LogP contribution is 2.26. The molecule has 1 aliphatic rings. The predicted molar refractivity (Wildman–Crippen MR) is 111 cm³/mol. The zero-order valence-electron chi connectivity index (χ0n) is 15.7. The summed E-state index contributed by atoms with van der Waals surface area (Å²) in [5.41, 5.74) is 2.83. The van der Waals surface area contributed by atoms with Gasteiger partial charge in [0.15, 0.2) is 0 Å². The smallest absolute Gasteiger partial charge is 0.128 e. The van der Waals surface area contributed by atoms with E-state index >= 15 is 0 Å². The summed E-state index contributed by atoms with van der Waals surface area (Å²) in [5, 5.41) is 12.1. The third-order valence-electron chi connectivity index (χ3n) is 4.85. The van der Waals surface area contributed by atoms with Gasteiger partial charge in [-0.15, -0.1) is 11.3 Å². The minimum absolute atomic E-state index is 0.596. The second kappa shape index (κ2) is 8.38. The van der Waals surface area contributed by atoms with Crippen LogP contribution in [0.3, 0.4) is 0 Å². The van der Waals surface area contributed by atoms with Gasteiger partial charge >= 0.3 is 0 Å². The number of piperazine rings is 1. The maximum absolute atomic E-state index is 8.89. The van der Waals surface area contributed by atoms with Gasteiger partial charge in [0.05, 0.1) is 18.4 Å². The van der Waals surface area contributed by atoms with Crippen LogP contribution in [0.5, 0.6) is 5.75 Å². The molecule has 2 aromatic heterocycles.